The summed E-state index contributed by atoms with van der Waals surface area (Å²) < 4.78 is 39.0. The Labute approximate surface area is 174 Å². The summed E-state index contributed by atoms with van der Waals surface area (Å²) in [4.78, 5) is 12.8. The standard InChI is InChI=1S/C20H21ClN2O5S/c21-15-5-7-16(8-6-15)29(25,26)23(17-3-1-2-10-22-20(17)24)12-14-4-9-18-19(11-14)28-13-27-18/h4-9,11,17H,1-3,10,12-13H2,(H,22,24)/t17-/m1/s1. The summed E-state index contributed by atoms with van der Waals surface area (Å²) in [6.45, 7) is 0.727. The van der Waals surface area contributed by atoms with Gasteiger partial charge in [0.25, 0.3) is 0 Å². The summed E-state index contributed by atoms with van der Waals surface area (Å²) in [5.74, 6) is 0.908. The third kappa shape index (κ3) is 4.19. The molecule has 2 heterocycles. The van der Waals surface area contributed by atoms with E-state index in [-0.39, 0.29) is 24.1 Å². The molecule has 0 spiro atoms. The number of halogens is 1. The maximum atomic E-state index is 13.5. The number of benzene rings is 2. The summed E-state index contributed by atoms with van der Waals surface area (Å²) in [6.07, 6.45) is 2.04. The lowest BCUT2D eigenvalue weighted by atomic mass is 10.1. The SMILES string of the molecule is O=C1NCCCC[C@H]1N(Cc1ccc2c(c1)OCO2)S(=O)(=O)c1ccc(Cl)cc1. The molecule has 0 aromatic heterocycles. The van der Waals surface area contributed by atoms with Gasteiger partial charge in [-0.3, -0.25) is 4.79 Å². The zero-order valence-corrected chi connectivity index (χ0v) is 17.2. The predicted octanol–water partition coefficient (Wildman–Crippen LogP) is 2.93. The number of nitrogens with one attached hydrogen (secondary N) is 1. The predicted molar refractivity (Wildman–Crippen MR) is 107 cm³/mol. The molecule has 9 heteroatoms. The molecule has 0 bridgehead atoms. The zero-order chi connectivity index (χ0) is 20.4. The van der Waals surface area contributed by atoms with E-state index < -0.39 is 16.1 Å². The molecule has 1 fully saturated rings. The van der Waals surface area contributed by atoms with Crippen molar-refractivity contribution in [1.82, 2.24) is 9.62 Å². The van der Waals surface area contributed by atoms with Crippen LogP contribution < -0.4 is 14.8 Å². The quantitative estimate of drug-likeness (QED) is 0.778. The van der Waals surface area contributed by atoms with Crippen LogP contribution in [-0.4, -0.2) is 38.0 Å². The number of carbonyl (C=O) groups excluding carboxylic acids is 1. The van der Waals surface area contributed by atoms with Crippen molar-refractivity contribution in [3.63, 3.8) is 0 Å². The Hall–Kier alpha value is -2.29. The number of ether oxygens (including phenoxy) is 2. The minimum atomic E-state index is -3.94. The Bertz CT molecular complexity index is 1010. The molecule has 2 aliphatic heterocycles. The van der Waals surface area contributed by atoms with Gasteiger partial charge >= 0.3 is 0 Å². The van der Waals surface area contributed by atoms with Crippen LogP contribution in [0.3, 0.4) is 0 Å². The molecule has 0 radical (unpaired) electrons. The van der Waals surface area contributed by atoms with E-state index in [4.69, 9.17) is 21.1 Å². The van der Waals surface area contributed by atoms with Gasteiger partial charge in [-0.2, -0.15) is 4.31 Å². The number of amides is 1. The number of hydrogen-bond acceptors (Lipinski definition) is 5. The van der Waals surface area contributed by atoms with E-state index >= 15 is 0 Å². The summed E-state index contributed by atoms with van der Waals surface area (Å²) in [5, 5.41) is 3.27. The Morgan fingerprint density at radius 1 is 1.07 bits per heavy atom. The molecular formula is C20H21ClN2O5S. The highest BCUT2D eigenvalue weighted by Gasteiger charge is 2.36. The Balaban J connectivity index is 1.72. The van der Waals surface area contributed by atoms with Crippen molar-refractivity contribution in [3.8, 4) is 11.5 Å². The van der Waals surface area contributed by atoms with Gasteiger partial charge in [-0.1, -0.05) is 17.7 Å². The first-order valence-electron chi connectivity index (χ1n) is 9.39. The topological polar surface area (TPSA) is 84.9 Å². The lowest BCUT2D eigenvalue weighted by Crippen LogP contribution is -2.48. The zero-order valence-electron chi connectivity index (χ0n) is 15.6. The van der Waals surface area contributed by atoms with Crippen molar-refractivity contribution in [2.45, 2.75) is 36.7 Å². The van der Waals surface area contributed by atoms with Crippen molar-refractivity contribution in [2.24, 2.45) is 0 Å². The maximum absolute atomic E-state index is 13.5. The maximum Gasteiger partial charge on any atom is 0.244 e. The molecule has 1 N–H and O–H groups in total. The first kappa shape index (κ1) is 20.0. The minimum Gasteiger partial charge on any atom is -0.454 e. The van der Waals surface area contributed by atoms with Crippen LogP contribution in [0.25, 0.3) is 0 Å². The second-order valence-electron chi connectivity index (χ2n) is 6.99. The number of sulfonamides is 1. The third-order valence-electron chi connectivity index (χ3n) is 5.05. The first-order chi connectivity index (χ1) is 13.9. The molecule has 2 aromatic carbocycles. The molecule has 154 valence electrons. The monoisotopic (exact) mass is 436 g/mol. The molecule has 0 saturated carbocycles. The van der Waals surface area contributed by atoms with Crippen LogP contribution in [0.4, 0.5) is 0 Å². The van der Waals surface area contributed by atoms with Crippen molar-refractivity contribution in [3.05, 3.63) is 53.1 Å². The van der Waals surface area contributed by atoms with Crippen LogP contribution in [0.15, 0.2) is 47.4 Å². The van der Waals surface area contributed by atoms with Crippen LogP contribution in [0, 0.1) is 0 Å². The fourth-order valence-electron chi connectivity index (χ4n) is 3.52. The molecule has 1 saturated heterocycles. The Morgan fingerprint density at radius 2 is 1.83 bits per heavy atom. The van der Waals surface area contributed by atoms with E-state index in [0.29, 0.717) is 35.1 Å². The van der Waals surface area contributed by atoms with Crippen LogP contribution in [-0.2, 0) is 21.4 Å². The van der Waals surface area contributed by atoms with Crippen LogP contribution in [0.2, 0.25) is 5.02 Å². The van der Waals surface area contributed by atoms with Crippen LogP contribution in [0.5, 0.6) is 11.5 Å². The first-order valence-corrected chi connectivity index (χ1v) is 11.2. The molecule has 4 rings (SSSR count). The Kier molecular flexibility index (Phi) is 5.67. The van der Waals surface area contributed by atoms with Crippen molar-refractivity contribution in [1.29, 1.82) is 0 Å². The van der Waals surface area contributed by atoms with Crippen molar-refractivity contribution < 1.29 is 22.7 Å². The van der Waals surface area contributed by atoms with Gasteiger partial charge in [0.15, 0.2) is 11.5 Å². The molecular weight excluding hydrogens is 416 g/mol. The summed E-state index contributed by atoms with van der Waals surface area (Å²) in [7, 11) is -3.94. The van der Waals surface area contributed by atoms with Gasteiger partial charge in [0.05, 0.1) is 4.90 Å². The van der Waals surface area contributed by atoms with E-state index in [9.17, 15) is 13.2 Å². The summed E-state index contributed by atoms with van der Waals surface area (Å²) in [5.41, 5.74) is 0.712. The molecule has 2 aromatic rings. The number of carbonyl (C=O) groups is 1. The summed E-state index contributed by atoms with van der Waals surface area (Å²) in [6, 6.07) is 10.5. The second-order valence-corrected chi connectivity index (χ2v) is 9.32. The van der Waals surface area contributed by atoms with Gasteiger partial charge in [0, 0.05) is 18.1 Å². The van der Waals surface area contributed by atoms with Crippen molar-refractivity contribution >= 4 is 27.5 Å². The molecule has 2 aliphatic rings. The third-order valence-corrected chi connectivity index (χ3v) is 7.17. The Morgan fingerprint density at radius 3 is 2.62 bits per heavy atom. The fourth-order valence-corrected chi connectivity index (χ4v) is 5.25. The molecule has 1 atom stereocenters. The molecule has 7 nitrogen and oxygen atoms in total. The van der Waals surface area contributed by atoms with Gasteiger partial charge in [-0.15, -0.1) is 0 Å². The van der Waals surface area contributed by atoms with E-state index in [0.717, 1.165) is 12.8 Å². The lowest BCUT2D eigenvalue weighted by molar-refractivity contribution is -0.124. The average Bonchev–Trinajstić information content (AvgIpc) is 3.07. The molecule has 0 aliphatic carbocycles. The summed E-state index contributed by atoms with van der Waals surface area (Å²) >= 11 is 5.92. The van der Waals surface area contributed by atoms with Gasteiger partial charge in [0.2, 0.25) is 22.7 Å². The molecule has 0 unspecified atom stereocenters. The van der Waals surface area contributed by atoms with Crippen LogP contribution in [0.1, 0.15) is 24.8 Å². The van der Waals surface area contributed by atoms with Gasteiger partial charge in [0.1, 0.15) is 6.04 Å². The fraction of sp³-hybridized carbons (Fsp3) is 0.350. The van der Waals surface area contributed by atoms with E-state index in [2.05, 4.69) is 5.32 Å². The highest BCUT2D eigenvalue weighted by molar-refractivity contribution is 7.89. The van der Waals surface area contributed by atoms with Gasteiger partial charge in [-0.25, -0.2) is 8.42 Å². The van der Waals surface area contributed by atoms with Crippen LogP contribution >= 0.6 is 11.6 Å². The highest BCUT2D eigenvalue weighted by Crippen LogP contribution is 2.34. The van der Waals surface area contributed by atoms with Gasteiger partial charge < -0.3 is 14.8 Å². The smallest absolute Gasteiger partial charge is 0.244 e. The van der Waals surface area contributed by atoms with Gasteiger partial charge in [-0.05, 0) is 61.2 Å². The number of nitrogens with zero attached hydrogens (tertiary/aromatic N) is 1. The second kappa shape index (κ2) is 8.22. The number of rotatable bonds is 5. The number of hydrogen-bond donors (Lipinski definition) is 1. The largest absolute Gasteiger partial charge is 0.454 e. The molecule has 1 amide bonds. The lowest BCUT2D eigenvalue weighted by Gasteiger charge is -2.29. The van der Waals surface area contributed by atoms with E-state index in [1.54, 1.807) is 18.2 Å². The van der Waals surface area contributed by atoms with E-state index in [1.165, 1.54) is 28.6 Å². The van der Waals surface area contributed by atoms with Crippen molar-refractivity contribution in [2.75, 3.05) is 13.3 Å². The normalized spacial score (nSPS) is 19.1. The molecule has 29 heavy (non-hydrogen) atoms. The van der Waals surface area contributed by atoms with E-state index in [1.807, 2.05) is 0 Å². The number of fused-ring (bicyclic) bond motifs is 1. The average molecular weight is 437 g/mol. The minimum absolute atomic E-state index is 0.0414. The highest BCUT2D eigenvalue weighted by atomic mass is 35.5.